The van der Waals surface area contributed by atoms with Crippen LogP contribution in [0.3, 0.4) is 0 Å². The third kappa shape index (κ3) is 3.33. The molecule has 3 heteroatoms. The Labute approximate surface area is 109 Å². The highest BCUT2D eigenvalue weighted by molar-refractivity contribution is 5.81. The molecule has 0 spiro atoms. The minimum atomic E-state index is -0.0520. The SMILES string of the molecule is Cc1ccc(C(C)NC2CCCCNC2=O)cc1. The maximum Gasteiger partial charge on any atom is 0.237 e. The van der Waals surface area contributed by atoms with Gasteiger partial charge in [0.15, 0.2) is 0 Å². The van der Waals surface area contributed by atoms with Crippen molar-refractivity contribution in [3.63, 3.8) is 0 Å². The minimum Gasteiger partial charge on any atom is -0.355 e. The van der Waals surface area contributed by atoms with Crippen molar-refractivity contribution in [2.24, 2.45) is 0 Å². The van der Waals surface area contributed by atoms with Crippen molar-refractivity contribution >= 4 is 5.91 Å². The Morgan fingerprint density at radius 2 is 2.00 bits per heavy atom. The largest absolute Gasteiger partial charge is 0.355 e. The van der Waals surface area contributed by atoms with Gasteiger partial charge in [0.2, 0.25) is 5.91 Å². The van der Waals surface area contributed by atoms with Crippen LogP contribution in [0.5, 0.6) is 0 Å². The number of amides is 1. The molecule has 18 heavy (non-hydrogen) atoms. The zero-order valence-corrected chi connectivity index (χ0v) is 11.2. The van der Waals surface area contributed by atoms with Crippen LogP contribution in [0.1, 0.15) is 43.4 Å². The molecule has 1 fully saturated rings. The highest BCUT2D eigenvalue weighted by Crippen LogP contribution is 2.16. The van der Waals surface area contributed by atoms with Crippen molar-refractivity contribution in [1.29, 1.82) is 0 Å². The Morgan fingerprint density at radius 1 is 1.28 bits per heavy atom. The van der Waals surface area contributed by atoms with Gasteiger partial charge in [-0.25, -0.2) is 0 Å². The molecule has 0 radical (unpaired) electrons. The van der Waals surface area contributed by atoms with Gasteiger partial charge < -0.3 is 5.32 Å². The number of carbonyl (C=O) groups is 1. The average Bonchev–Trinajstić information content (AvgIpc) is 2.56. The Bertz CT molecular complexity index is 399. The van der Waals surface area contributed by atoms with Crippen LogP contribution in [-0.4, -0.2) is 18.5 Å². The highest BCUT2D eigenvalue weighted by atomic mass is 16.2. The molecule has 0 bridgehead atoms. The Hall–Kier alpha value is -1.35. The monoisotopic (exact) mass is 246 g/mol. The van der Waals surface area contributed by atoms with Crippen LogP contribution < -0.4 is 10.6 Å². The Morgan fingerprint density at radius 3 is 2.72 bits per heavy atom. The second-order valence-electron chi connectivity index (χ2n) is 5.14. The van der Waals surface area contributed by atoms with Gasteiger partial charge in [0.25, 0.3) is 0 Å². The fourth-order valence-corrected chi connectivity index (χ4v) is 2.35. The summed E-state index contributed by atoms with van der Waals surface area (Å²) in [5.74, 6) is 0.145. The molecule has 3 nitrogen and oxygen atoms in total. The van der Waals surface area contributed by atoms with Gasteiger partial charge in [0.05, 0.1) is 6.04 Å². The molecular weight excluding hydrogens is 224 g/mol. The van der Waals surface area contributed by atoms with Gasteiger partial charge in [-0.05, 0) is 38.7 Å². The van der Waals surface area contributed by atoms with Gasteiger partial charge in [0.1, 0.15) is 0 Å². The highest BCUT2D eigenvalue weighted by Gasteiger charge is 2.22. The van der Waals surface area contributed by atoms with E-state index in [-0.39, 0.29) is 18.0 Å². The smallest absolute Gasteiger partial charge is 0.237 e. The summed E-state index contributed by atoms with van der Waals surface area (Å²) in [6, 6.07) is 8.63. The van der Waals surface area contributed by atoms with Crippen LogP contribution in [0.25, 0.3) is 0 Å². The Balaban J connectivity index is 1.99. The van der Waals surface area contributed by atoms with Crippen LogP contribution in [0.4, 0.5) is 0 Å². The topological polar surface area (TPSA) is 41.1 Å². The molecule has 98 valence electrons. The zero-order chi connectivity index (χ0) is 13.0. The van der Waals surface area contributed by atoms with Crippen molar-refractivity contribution < 1.29 is 4.79 Å². The van der Waals surface area contributed by atoms with E-state index in [1.54, 1.807) is 0 Å². The lowest BCUT2D eigenvalue weighted by molar-refractivity contribution is -0.123. The number of benzene rings is 1. The number of carbonyl (C=O) groups excluding carboxylic acids is 1. The van der Waals surface area contributed by atoms with E-state index >= 15 is 0 Å². The molecule has 1 aliphatic rings. The molecular formula is C15H22N2O. The van der Waals surface area contributed by atoms with Gasteiger partial charge >= 0.3 is 0 Å². The quantitative estimate of drug-likeness (QED) is 0.859. The number of hydrogen-bond donors (Lipinski definition) is 2. The third-order valence-electron chi connectivity index (χ3n) is 3.56. The summed E-state index contributed by atoms with van der Waals surface area (Å²) in [5.41, 5.74) is 2.50. The first-order valence-electron chi connectivity index (χ1n) is 6.77. The van der Waals surface area contributed by atoms with Gasteiger partial charge in [-0.3, -0.25) is 10.1 Å². The van der Waals surface area contributed by atoms with E-state index in [4.69, 9.17) is 0 Å². The Kier molecular flexibility index (Phi) is 4.37. The molecule has 1 aromatic rings. The van der Waals surface area contributed by atoms with Crippen LogP contribution in [0.15, 0.2) is 24.3 Å². The van der Waals surface area contributed by atoms with Crippen LogP contribution in [0, 0.1) is 6.92 Å². The summed E-state index contributed by atoms with van der Waals surface area (Å²) in [4.78, 5) is 11.9. The summed E-state index contributed by atoms with van der Waals surface area (Å²) < 4.78 is 0. The van der Waals surface area contributed by atoms with Crippen molar-refractivity contribution in [3.05, 3.63) is 35.4 Å². The predicted molar refractivity (Wildman–Crippen MR) is 73.4 cm³/mol. The van der Waals surface area contributed by atoms with Crippen molar-refractivity contribution in [1.82, 2.24) is 10.6 Å². The summed E-state index contributed by atoms with van der Waals surface area (Å²) in [6.45, 7) is 5.01. The normalized spacial score (nSPS) is 22.1. The minimum absolute atomic E-state index is 0.0520. The number of rotatable bonds is 3. The van der Waals surface area contributed by atoms with E-state index in [0.29, 0.717) is 0 Å². The maximum atomic E-state index is 11.9. The van der Waals surface area contributed by atoms with Gasteiger partial charge in [-0.15, -0.1) is 0 Å². The summed E-state index contributed by atoms with van der Waals surface area (Å²) in [6.07, 6.45) is 3.13. The van der Waals surface area contributed by atoms with Crippen molar-refractivity contribution in [3.8, 4) is 0 Å². The molecule has 0 aliphatic carbocycles. The molecule has 2 rings (SSSR count). The molecule has 1 aromatic carbocycles. The molecule has 2 N–H and O–H groups in total. The number of aryl methyl sites for hydroxylation is 1. The van der Waals surface area contributed by atoms with Gasteiger partial charge in [0, 0.05) is 12.6 Å². The zero-order valence-electron chi connectivity index (χ0n) is 11.2. The lowest BCUT2D eigenvalue weighted by Crippen LogP contribution is -2.43. The maximum absolute atomic E-state index is 11.9. The van der Waals surface area contributed by atoms with Crippen LogP contribution >= 0.6 is 0 Å². The van der Waals surface area contributed by atoms with E-state index in [1.165, 1.54) is 11.1 Å². The van der Waals surface area contributed by atoms with E-state index in [9.17, 15) is 4.79 Å². The van der Waals surface area contributed by atoms with E-state index in [0.717, 1.165) is 25.8 Å². The van der Waals surface area contributed by atoms with Gasteiger partial charge in [-0.1, -0.05) is 29.8 Å². The molecule has 1 amide bonds. The van der Waals surface area contributed by atoms with Crippen molar-refractivity contribution in [2.45, 2.75) is 45.2 Å². The van der Waals surface area contributed by atoms with E-state index in [1.807, 2.05) is 0 Å². The molecule has 0 saturated carbocycles. The molecule has 1 saturated heterocycles. The van der Waals surface area contributed by atoms with Crippen molar-refractivity contribution in [2.75, 3.05) is 6.54 Å². The summed E-state index contributed by atoms with van der Waals surface area (Å²) >= 11 is 0. The van der Waals surface area contributed by atoms with Crippen LogP contribution in [-0.2, 0) is 4.79 Å². The molecule has 2 atom stereocenters. The number of hydrogen-bond acceptors (Lipinski definition) is 2. The van der Waals surface area contributed by atoms with Crippen LogP contribution in [0.2, 0.25) is 0 Å². The third-order valence-corrected chi connectivity index (χ3v) is 3.56. The van der Waals surface area contributed by atoms with E-state index in [2.05, 4.69) is 48.7 Å². The first kappa shape index (κ1) is 13.1. The first-order valence-corrected chi connectivity index (χ1v) is 6.77. The summed E-state index contributed by atoms with van der Waals surface area (Å²) in [7, 11) is 0. The first-order chi connectivity index (χ1) is 8.66. The second kappa shape index (κ2) is 6.01. The second-order valence-corrected chi connectivity index (χ2v) is 5.14. The average molecular weight is 246 g/mol. The molecule has 1 heterocycles. The molecule has 2 unspecified atom stereocenters. The summed E-state index contributed by atoms with van der Waals surface area (Å²) in [5, 5.41) is 6.39. The van der Waals surface area contributed by atoms with E-state index < -0.39 is 0 Å². The predicted octanol–water partition coefficient (Wildman–Crippen LogP) is 2.31. The molecule has 0 aromatic heterocycles. The number of nitrogens with one attached hydrogen (secondary N) is 2. The fourth-order valence-electron chi connectivity index (χ4n) is 2.35. The van der Waals surface area contributed by atoms with Gasteiger partial charge in [-0.2, -0.15) is 0 Å². The lowest BCUT2D eigenvalue weighted by Gasteiger charge is -2.21. The molecule has 1 aliphatic heterocycles. The fraction of sp³-hybridized carbons (Fsp3) is 0.533. The standard InChI is InChI=1S/C15H22N2O/c1-11-6-8-13(9-7-11)12(2)17-14-5-3-4-10-16-15(14)18/h6-9,12,14,17H,3-5,10H2,1-2H3,(H,16,18). The lowest BCUT2D eigenvalue weighted by atomic mass is 10.0.